The van der Waals surface area contributed by atoms with E-state index >= 15 is 0 Å². The van der Waals surface area contributed by atoms with Crippen molar-refractivity contribution in [3.63, 3.8) is 0 Å². The van der Waals surface area contributed by atoms with Gasteiger partial charge in [-0.15, -0.1) is 5.10 Å². The third-order valence-electron chi connectivity index (χ3n) is 2.95. The number of aromatic nitrogens is 3. The number of benzene rings is 2. The van der Waals surface area contributed by atoms with E-state index in [-0.39, 0.29) is 5.56 Å². The Morgan fingerprint density at radius 1 is 1.10 bits per heavy atom. The molecule has 5 heteroatoms. The van der Waals surface area contributed by atoms with Crippen LogP contribution in [-0.4, -0.2) is 21.3 Å². The van der Waals surface area contributed by atoms with Crippen LogP contribution < -0.4 is 5.56 Å². The molecule has 0 spiro atoms. The van der Waals surface area contributed by atoms with E-state index in [0.29, 0.717) is 10.9 Å². The molecule has 0 fully saturated rings. The van der Waals surface area contributed by atoms with Crippen LogP contribution in [0.3, 0.4) is 0 Å². The molecule has 0 saturated heterocycles. The molecule has 0 aliphatic carbocycles. The summed E-state index contributed by atoms with van der Waals surface area (Å²) in [5, 5.41) is 12.3. The van der Waals surface area contributed by atoms with Crippen molar-refractivity contribution in [2.75, 3.05) is 0 Å². The van der Waals surface area contributed by atoms with Crippen molar-refractivity contribution < 1.29 is 0 Å². The zero-order chi connectivity index (χ0) is 13.9. The summed E-state index contributed by atoms with van der Waals surface area (Å²) in [4.78, 5) is 13.2. The molecular formula is C15H12N4O. The van der Waals surface area contributed by atoms with Crippen molar-refractivity contribution in [1.82, 2.24) is 15.1 Å². The Balaban J connectivity index is 2.01. The van der Waals surface area contributed by atoms with Gasteiger partial charge in [0.1, 0.15) is 5.52 Å². The van der Waals surface area contributed by atoms with Gasteiger partial charge in [0.15, 0.2) is 0 Å². The summed E-state index contributed by atoms with van der Waals surface area (Å²) in [7, 11) is 0. The summed E-state index contributed by atoms with van der Waals surface area (Å²) in [6.45, 7) is 2.01. The highest BCUT2D eigenvalue weighted by molar-refractivity contribution is 5.80. The molecule has 1 aromatic heterocycles. The summed E-state index contributed by atoms with van der Waals surface area (Å²) in [5.41, 5.74) is 2.36. The highest BCUT2D eigenvalue weighted by atomic mass is 16.1. The van der Waals surface area contributed by atoms with Crippen LogP contribution in [0.25, 0.3) is 10.9 Å². The number of fused-ring (bicyclic) bond motifs is 1. The highest BCUT2D eigenvalue weighted by Gasteiger charge is 2.02. The van der Waals surface area contributed by atoms with Crippen molar-refractivity contribution >= 4 is 17.1 Å². The number of hydrogen-bond donors (Lipinski definition) is 0. The maximum absolute atomic E-state index is 12.2. The van der Waals surface area contributed by atoms with Gasteiger partial charge in [0, 0.05) is 0 Å². The molecule has 5 nitrogen and oxygen atoms in total. The van der Waals surface area contributed by atoms with Gasteiger partial charge in [0.2, 0.25) is 0 Å². The Morgan fingerprint density at radius 3 is 2.65 bits per heavy atom. The summed E-state index contributed by atoms with van der Waals surface area (Å²) in [5.74, 6) is 0. The topological polar surface area (TPSA) is 60.1 Å². The standard InChI is InChI=1S/C15H12N4O/c1-11-6-8-12(9-7-11)10-16-19-15(20)13-4-2-3-5-14(13)17-18-19/h2-10H,1H3/b16-10+. The lowest BCUT2D eigenvalue weighted by Crippen LogP contribution is -2.20. The van der Waals surface area contributed by atoms with Gasteiger partial charge >= 0.3 is 0 Å². The molecule has 2 aromatic carbocycles. The summed E-state index contributed by atoms with van der Waals surface area (Å²) in [6.07, 6.45) is 1.59. The maximum Gasteiger partial charge on any atom is 0.299 e. The normalized spacial score (nSPS) is 11.2. The van der Waals surface area contributed by atoms with Gasteiger partial charge in [-0.1, -0.05) is 46.8 Å². The first-order chi connectivity index (χ1) is 9.74. The van der Waals surface area contributed by atoms with Crippen molar-refractivity contribution in [3.8, 4) is 0 Å². The molecule has 98 valence electrons. The summed E-state index contributed by atoms with van der Waals surface area (Å²) >= 11 is 0. The molecule has 1 heterocycles. The Kier molecular flexibility index (Phi) is 3.09. The van der Waals surface area contributed by atoms with E-state index in [1.807, 2.05) is 37.3 Å². The summed E-state index contributed by atoms with van der Waals surface area (Å²) < 4.78 is 0. The van der Waals surface area contributed by atoms with Gasteiger partial charge in [-0.2, -0.15) is 5.10 Å². The van der Waals surface area contributed by atoms with Crippen LogP contribution in [0.1, 0.15) is 11.1 Å². The number of hydrogen-bond acceptors (Lipinski definition) is 4. The molecule has 20 heavy (non-hydrogen) atoms. The van der Waals surface area contributed by atoms with Crippen LogP contribution in [0, 0.1) is 6.92 Å². The van der Waals surface area contributed by atoms with Gasteiger partial charge in [0.25, 0.3) is 5.56 Å². The van der Waals surface area contributed by atoms with Crippen LogP contribution in [-0.2, 0) is 0 Å². The van der Waals surface area contributed by atoms with E-state index in [9.17, 15) is 4.79 Å². The van der Waals surface area contributed by atoms with Gasteiger partial charge in [-0.3, -0.25) is 4.79 Å². The molecule has 3 rings (SSSR count). The fraction of sp³-hybridized carbons (Fsp3) is 0.0667. The Morgan fingerprint density at radius 2 is 1.85 bits per heavy atom. The fourth-order valence-electron chi connectivity index (χ4n) is 1.83. The second kappa shape index (κ2) is 5.05. The maximum atomic E-state index is 12.2. The largest absolute Gasteiger partial charge is 0.299 e. The van der Waals surface area contributed by atoms with Gasteiger partial charge in [-0.05, 0) is 29.8 Å². The molecule has 0 radical (unpaired) electrons. The van der Waals surface area contributed by atoms with E-state index in [4.69, 9.17) is 0 Å². The minimum Gasteiger partial charge on any atom is -0.265 e. The minimum absolute atomic E-state index is 0.279. The van der Waals surface area contributed by atoms with E-state index in [0.717, 1.165) is 10.4 Å². The molecule has 0 amide bonds. The molecule has 0 bridgehead atoms. The van der Waals surface area contributed by atoms with Gasteiger partial charge in [-0.25, -0.2) is 0 Å². The van der Waals surface area contributed by atoms with E-state index in [1.54, 1.807) is 24.4 Å². The third kappa shape index (κ3) is 2.33. The Labute approximate surface area is 115 Å². The van der Waals surface area contributed by atoms with Crippen molar-refractivity contribution in [1.29, 1.82) is 0 Å². The van der Waals surface area contributed by atoms with Crippen molar-refractivity contribution in [2.45, 2.75) is 6.92 Å². The van der Waals surface area contributed by atoms with E-state index < -0.39 is 0 Å². The molecule has 3 aromatic rings. The first kappa shape index (κ1) is 12.2. The average molecular weight is 264 g/mol. The first-order valence-corrected chi connectivity index (χ1v) is 6.20. The zero-order valence-corrected chi connectivity index (χ0v) is 10.9. The molecule has 0 saturated carbocycles. The van der Waals surface area contributed by atoms with Crippen molar-refractivity contribution in [2.24, 2.45) is 5.10 Å². The zero-order valence-electron chi connectivity index (χ0n) is 10.9. The lowest BCUT2D eigenvalue weighted by Gasteiger charge is -1.98. The highest BCUT2D eigenvalue weighted by Crippen LogP contribution is 2.03. The quantitative estimate of drug-likeness (QED) is 0.665. The van der Waals surface area contributed by atoms with Gasteiger partial charge in [0.05, 0.1) is 11.6 Å². The molecule has 0 N–H and O–H groups in total. The fourth-order valence-corrected chi connectivity index (χ4v) is 1.83. The van der Waals surface area contributed by atoms with Gasteiger partial charge < -0.3 is 0 Å². The Hall–Kier alpha value is -2.82. The Bertz CT molecular complexity index is 834. The second-order valence-electron chi connectivity index (χ2n) is 4.46. The monoisotopic (exact) mass is 264 g/mol. The predicted octanol–water partition coefficient (Wildman–Crippen LogP) is 1.98. The van der Waals surface area contributed by atoms with Crippen LogP contribution >= 0.6 is 0 Å². The lowest BCUT2D eigenvalue weighted by atomic mass is 10.2. The third-order valence-corrected chi connectivity index (χ3v) is 2.95. The molecule has 0 atom stereocenters. The van der Waals surface area contributed by atoms with Crippen LogP contribution in [0.15, 0.2) is 58.4 Å². The molecule has 0 unspecified atom stereocenters. The average Bonchev–Trinajstić information content (AvgIpc) is 2.49. The van der Waals surface area contributed by atoms with E-state index in [1.165, 1.54) is 5.56 Å². The van der Waals surface area contributed by atoms with Crippen LogP contribution in [0.5, 0.6) is 0 Å². The molecule has 0 aliphatic rings. The number of nitrogens with zero attached hydrogens (tertiary/aromatic N) is 4. The van der Waals surface area contributed by atoms with Crippen molar-refractivity contribution in [3.05, 3.63) is 70.0 Å². The second-order valence-corrected chi connectivity index (χ2v) is 4.46. The SMILES string of the molecule is Cc1ccc(/C=N/n2nnc3ccccc3c2=O)cc1. The minimum atomic E-state index is -0.279. The van der Waals surface area contributed by atoms with Crippen LogP contribution in [0.2, 0.25) is 0 Å². The van der Waals surface area contributed by atoms with E-state index in [2.05, 4.69) is 15.4 Å². The molecular weight excluding hydrogens is 252 g/mol. The number of rotatable bonds is 2. The summed E-state index contributed by atoms with van der Waals surface area (Å²) in [6, 6.07) is 14.9. The smallest absolute Gasteiger partial charge is 0.265 e. The predicted molar refractivity (Wildman–Crippen MR) is 78.0 cm³/mol. The number of aryl methyl sites for hydroxylation is 1. The van der Waals surface area contributed by atoms with Crippen LogP contribution in [0.4, 0.5) is 0 Å². The molecule has 0 aliphatic heterocycles. The lowest BCUT2D eigenvalue weighted by molar-refractivity contribution is 0.641. The first-order valence-electron chi connectivity index (χ1n) is 6.20.